The van der Waals surface area contributed by atoms with Gasteiger partial charge in [-0.15, -0.1) is 0 Å². The van der Waals surface area contributed by atoms with E-state index >= 15 is 0 Å². The molecule has 3 heteroatoms. The number of rotatable bonds is 2. The minimum absolute atomic E-state index is 0.844. The van der Waals surface area contributed by atoms with Gasteiger partial charge >= 0.3 is 0 Å². The first kappa shape index (κ1) is 13.7. The van der Waals surface area contributed by atoms with Crippen molar-refractivity contribution in [3.05, 3.63) is 66.5 Å². The lowest BCUT2D eigenvalue weighted by molar-refractivity contribution is 0.415. The molecule has 0 fully saturated rings. The first-order valence-electron chi connectivity index (χ1n) is 7.55. The molecule has 0 saturated heterocycles. The number of fused-ring (bicyclic) bond motifs is 3. The summed E-state index contributed by atoms with van der Waals surface area (Å²) in [7, 11) is 1.67. The highest BCUT2D eigenvalue weighted by atomic mass is 16.5. The third-order valence-corrected chi connectivity index (χ3v) is 4.12. The molecule has 2 heterocycles. The van der Waals surface area contributed by atoms with Crippen LogP contribution in [0.25, 0.3) is 32.9 Å². The summed E-state index contributed by atoms with van der Waals surface area (Å²) in [5.74, 6) is 0.844. The van der Waals surface area contributed by atoms with Gasteiger partial charge in [0.15, 0.2) is 0 Å². The Morgan fingerprint density at radius 3 is 2.48 bits per heavy atom. The van der Waals surface area contributed by atoms with E-state index in [-0.39, 0.29) is 0 Å². The molecule has 0 N–H and O–H groups in total. The van der Waals surface area contributed by atoms with Gasteiger partial charge in [0.2, 0.25) is 0 Å². The van der Waals surface area contributed by atoms with Crippen molar-refractivity contribution < 1.29 is 4.74 Å². The molecule has 2 aromatic heterocycles. The van der Waals surface area contributed by atoms with Crippen LogP contribution in [0, 0.1) is 6.92 Å². The highest BCUT2D eigenvalue weighted by Gasteiger charge is 2.10. The van der Waals surface area contributed by atoms with Crippen LogP contribution in [0.15, 0.2) is 60.9 Å². The van der Waals surface area contributed by atoms with Crippen LogP contribution in [0.3, 0.4) is 0 Å². The van der Waals surface area contributed by atoms with E-state index in [2.05, 4.69) is 30.1 Å². The fraction of sp³-hybridized carbons (Fsp3) is 0.100. The predicted octanol–water partition coefficient (Wildman–Crippen LogP) is 4.77. The van der Waals surface area contributed by atoms with E-state index in [9.17, 15) is 0 Å². The summed E-state index contributed by atoms with van der Waals surface area (Å²) in [5.41, 5.74) is 4.20. The van der Waals surface area contributed by atoms with E-state index < -0.39 is 0 Å². The van der Waals surface area contributed by atoms with Crippen molar-refractivity contribution in [2.24, 2.45) is 0 Å². The van der Waals surface area contributed by atoms with Gasteiger partial charge in [0, 0.05) is 22.5 Å². The van der Waals surface area contributed by atoms with E-state index in [1.54, 1.807) is 7.11 Å². The molecular weight excluding hydrogens is 284 g/mol. The molecule has 0 bridgehead atoms. The van der Waals surface area contributed by atoms with Crippen LogP contribution in [-0.4, -0.2) is 17.1 Å². The Hall–Kier alpha value is -2.94. The standard InChI is InChI=1S/C20H16N2O/c1-13-3-8-17-18(11-13)16-9-10-21-12-19(16)22-20(17)14-4-6-15(23-2)7-5-14/h3-12H,1-2H3. The average Bonchev–Trinajstić information content (AvgIpc) is 2.61. The number of nitrogens with zero attached hydrogens (tertiary/aromatic N) is 2. The molecule has 0 aliphatic carbocycles. The van der Waals surface area contributed by atoms with Crippen molar-refractivity contribution in [1.82, 2.24) is 9.97 Å². The van der Waals surface area contributed by atoms with E-state index in [1.807, 2.05) is 42.7 Å². The molecule has 0 saturated carbocycles. The van der Waals surface area contributed by atoms with Crippen molar-refractivity contribution in [1.29, 1.82) is 0 Å². The molecule has 0 atom stereocenters. The number of benzene rings is 2. The van der Waals surface area contributed by atoms with Crippen molar-refractivity contribution in [2.75, 3.05) is 7.11 Å². The summed E-state index contributed by atoms with van der Waals surface area (Å²) in [6.07, 6.45) is 3.64. The van der Waals surface area contributed by atoms with E-state index in [4.69, 9.17) is 9.72 Å². The lowest BCUT2D eigenvalue weighted by atomic mass is 9.99. The van der Waals surface area contributed by atoms with Crippen LogP contribution < -0.4 is 4.74 Å². The monoisotopic (exact) mass is 300 g/mol. The molecule has 0 unspecified atom stereocenters. The van der Waals surface area contributed by atoms with Gasteiger partial charge in [-0.25, -0.2) is 4.98 Å². The second kappa shape index (κ2) is 5.36. The minimum Gasteiger partial charge on any atom is -0.497 e. The van der Waals surface area contributed by atoms with Crippen LogP contribution in [-0.2, 0) is 0 Å². The Labute approximate surface area is 134 Å². The maximum absolute atomic E-state index is 5.25. The van der Waals surface area contributed by atoms with E-state index in [1.165, 1.54) is 10.9 Å². The van der Waals surface area contributed by atoms with Crippen LogP contribution in [0.4, 0.5) is 0 Å². The molecule has 0 spiro atoms. The quantitative estimate of drug-likeness (QED) is 0.500. The molecular formula is C20H16N2O. The first-order chi connectivity index (χ1) is 11.3. The van der Waals surface area contributed by atoms with Gasteiger partial charge in [0.05, 0.1) is 24.5 Å². The molecule has 112 valence electrons. The molecule has 4 rings (SSSR count). The number of aryl methyl sites for hydroxylation is 1. The largest absolute Gasteiger partial charge is 0.497 e. The van der Waals surface area contributed by atoms with Crippen LogP contribution in [0.5, 0.6) is 5.75 Å². The third-order valence-electron chi connectivity index (χ3n) is 4.12. The maximum Gasteiger partial charge on any atom is 0.118 e. The van der Waals surface area contributed by atoms with E-state index in [0.29, 0.717) is 0 Å². The summed E-state index contributed by atoms with van der Waals surface area (Å²) in [5, 5.41) is 3.50. The van der Waals surface area contributed by atoms with Crippen molar-refractivity contribution in [3.8, 4) is 17.0 Å². The summed E-state index contributed by atoms with van der Waals surface area (Å²) in [4.78, 5) is 9.08. The van der Waals surface area contributed by atoms with E-state index in [0.717, 1.165) is 33.3 Å². The van der Waals surface area contributed by atoms with Crippen molar-refractivity contribution in [3.63, 3.8) is 0 Å². The molecule has 0 aliphatic rings. The Bertz CT molecular complexity index is 1010. The number of ether oxygens (including phenoxy) is 1. The molecule has 0 radical (unpaired) electrons. The van der Waals surface area contributed by atoms with Gasteiger partial charge in [-0.05, 0) is 42.6 Å². The second-order valence-corrected chi connectivity index (χ2v) is 5.63. The second-order valence-electron chi connectivity index (χ2n) is 5.63. The Balaban J connectivity index is 2.07. The zero-order chi connectivity index (χ0) is 15.8. The van der Waals surface area contributed by atoms with Gasteiger partial charge in [0.1, 0.15) is 5.75 Å². The van der Waals surface area contributed by atoms with Gasteiger partial charge in [-0.1, -0.05) is 23.8 Å². The molecule has 4 aromatic rings. The summed E-state index contributed by atoms with van der Waals surface area (Å²) >= 11 is 0. The minimum atomic E-state index is 0.844. The normalized spacial score (nSPS) is 11.0. The number of hydrogen-bond acceptors (Lipinski definition) is 3. The Morgan fingerprint density at radius 2 is 1.70 bits per heavy atom. The summed E-state index contributed by atoms with van der Waals surface area (Å²) < 4.78 is 5.25. The van der Waals surface area contributed by atoms with Crippen LogP contribution >= 0.6 is 0 Å². The average molecular weight is 300 g/mol. The van der Waals surface area contributed by atoms with Gasteiger partial charge in [-0.2, -0.15) is 0 Å². The third kappa shape index (κ3) is 2.30. The molecule has 0 aliphatic heterocycles. The SMILES string of the molecule is COc1ccc(-c2nc3cnccc3c3cc(C)ccc23)cc1. The lowest BCUT2D eigenvalue weighted by Crippen LogP contribution is -1.91. The Kier molecular flexibility index (Phi) is 3.19. The number of hydrogen-bond donors (Lipinski definition) is 0. The summed E-state index contributed by atoms with van der Waals surface area (Å²) in [6.45, 7) is 2.11. The zero-order valence-corrected chi connectivity index (χ0v) is 13.1. The van der Waals surface area contributed by atoms with Crippen molar-refractivity contribution >= 4 is 21.7 Å². The highest BCUT2D eigenvalue weighted by molar-refractivity contribution is 6.10. The fourth-order valence-corrected chi connectivity index (χ4v) is 2.94. The van der Waals surface area contributed by atoms with Crippen LogP contribution in [0.2, 0.25) is 0 Å². The molecule has 3 nitrogen and oxygen atoms in total. The number of pyridine rings is 2. The lowest BCUT2D eigenvalue weighted by Gasteiger charge is -2.11. The van der Waals surface area contributed by atoms with Gasteiger partial charge in [-0.3, -0.25) is 4.98 Å². The zero-order valence-electron chi connectivity index (χ0n) is 13.1. The van der Waals surface area contributed by atoms with Gasteiger partial charge in [0.25, 0.3) is 0 Å². The maximum atomic E-state index is 5.25. The Morgan fingerprint density at radius 1 is 0.870 bits per heavy atom. The molecule has 0 amide bonds. The number of methoxy groups -OCH3 is 1. The fourth-order valence-electron chi connectivity index (χ4n) is 2.94. The topological polar surface area (TPSA) is 35.0 Å². The number of aromatic nitrogens is 2. The smallest absolute Gasteiger partial charge is 0.118 e. The predicted molar refractivity (Wildman–Crippen MR) is 93.8 cm³/mol. The highest BCUT2D eigenvalue weighted by Crippen LogP contribution is 2.33. The molecule has 23 heavy (non-hydrogen) atoms. The first-order valence-corrected chi connectivity index (χ1v) is 7.55. The van der Waals surface area contributed by atoms with Gasteiger partial charge < -0.3 is 4.74 Å². The van der Waals surface area contributed by atoms with Crippen molar-refractivity contribution in [2.45, 2.75) is 6.92 Å². The van der Waals surface area contributed by atoms with Crippen LogP contribution in [0.1, 0.15) is 5.56 Å². The summed E-state index contributed by atoms with van der Waals surface area (Å²) in [6, 6.07) is 16.5. The molecule has 2 aromatic carbocycles.